The summed E-state index contributed by atoms with van der Waals surface area (Å²) in [6, 6.07) is -6.21. The van der Waals surface area contributed by atoms with Crippen molar-refractivity contribution < 1.29 is 43.5 Å². The van der Waals surface area contributed by atoms with Gasteiger partial charge in [0.2, 0.25) is 41.4 Å². The summed E-state index contributed by atoms with van der Waals surface area (Å²) in [4.78, 5) is 97.1. The minimum atomic E-state index is -1.69. The van der Waals surface area contributed by atoms with Gasteiger partial charge in [-0.15, -0.1) is 0 Å². The molecule has 5 unspecified atom stereocenters. The molecule has 0 saturated heterocycles. The van der Waals surface area contributed by atoms with Crippen LogP contribution in [-0.2, 0) is 38.4 Å². The second-order valence-electron chi connectivity index (χ2n) is 10.6. The first kappa shape index (κ1) is 39.1. The number of carboxylic acids is 1. The average Bonchev–Trinajstić information content (AvgIpc) is 2.90. The van der Waals surface area contributed by atoms with Crippen LogP contribution in [0, 0.1) is 11.8 Å². The van der Waals surface area contributed by atoms with E-state index in [1.165, 1.54) is 0 Å². The first-order chi connectivity index (χ1) is 19.9. The van der Waals surface area contributed by atoms with E-state index >= 15 is 0 Å². The maximum atomic E-state index is 12.9. The van der Waals surface area contributed by atoms with Crippen LogP contribution in [0.3, 0.4) is 0 Å². The fourth-order valence-corrected chi connectivity index (χ4v) is 3.76. The van der Waals surface area contributed by atoms with Crippen molar-refractivity contribution in [2.24, 2.45) is 29.0 Å². The lowest BCUT2D eigenvalue weighted by molar-refractivity contribution is -0.143. The molecule has 43 heavy (non-hydrogen) atoms. The number of carbonyl (C=O) groups excluding carboxylic acids is 7. The number of carboxylic acid groups (broad SMARTS) is 1. The molecule has 0 aliphatic rings. The Labute approximate surface area is 255 Å². The lowest BCUT2D eigenvalue weighted by Gasteiger charge is -2.25. The highest BCUT2D eigenvalue weighted by molar-refractivity contribution is 7.80. The van der Waals surface area contributed by atoms with Gasteiger partial charge >= 0.3 is 5.97 Å². The van der Waals surface area contributed by atoms with Gasteiger partial charge in [-0.1, -0.05) is 27.7 Å². The van der Waals surface area contributed by atoms with Crippen LogP contribution in [-0.4, -0.2) is 94.9 Å². The molecule has 18 heteroatoms. The minimum absolute atomic E-state index is 0.0762. The van der Waals surface area contributed by atoms with Crippen LogP contribution >= 0.6 is 12.6 Å². The van der Waals surface area contributed by atoms with Crippen LogP contribution in [0.5, 0.6) is 0 Å². The summed E-state index contributed by atoms with van der Waals surface area (Å²) in [5.74, 6) is -7.64. The van der Waals surface area contributed by atoms with E-state index in [4.69, 9.17) is 17.2 Å². The molecule has 0 bridgehead atoms. The third-order valence-corrected chi connectivity index (χ3v) is 6.32. The summed E-state index contributed by atoms with van der Waals surface area (Å²) in [6.45, 7) is 6.40. The fraction of sp³-hybridized carbons (Fsp3) is 0.680. The van der Waals surface area contributed by atoms with E-state index in [1.54, 1.807) is 27.7 Å². The van der Waals surface area contributed by atoms with Gasteiger partial charge in [0.1, 0.15) is 24.2 Å². The Balaban J connectivity index is 5.46. The number of nitrogens with one attached hydrogen (secondary N) is 5. The van der Waals surface area contributed by atoms with E-state index in [2.05, 4.69) is 39.2 Å². The Morgan fingerprint density at radius 2 is 1.26 bits per heavy atom. The van der Waals surface area contributed by atoms with Gasteiger partial charge < -0.3 is 48.9 Å². The molecular formula is C25H44N8O9S. The number of carbonyl (C=O) groups is 8. The third-order valence-electron chi connectivity index (χ3n) is 5.95. The van der Waals surface area contributed by atoms with Gasteiger partial charge in [0, 0.05) is 12.2 Å². The molecule has 0 radical (unpaired) electrons. The maximum absolute atomic E-state index is 12.9. The molecule has 0 aromatic rings. The van der Waals surface area contributed by atoms with Crippen molar-refractivity contribution in [3.05, 3.63) is 0 Å². The molecule has 0 fully saturated rings. The molecule has 12 N–H and O–H groups in total. The quantitative estimate of drug-likeness (QED) is 0.0584. The van der Waals surface area contributed by atoms with Crippen molar-refractivity contribution in [2.75, 3.05) is 12.3 Å². The molecule has 0 aromatic carbocycles. The fourth-order valence-electron chi connectivity index (χ4n) is 3.50. The van der Waals surface area contributed by atoms with Gasteiger partial charge in [-0.2, -0.15) is 12.6 Å². The molecule has 5 atom stereocenters. The second-order valence-corrected chi connectivity index (χ2v) is 11.0. The Hall–Kier alpha value is -3.93. The van der Waals surface area contributed by atoms with Crippen LogP contribution in [0.1, 0.15) is 53.4 Å². The van der Waals surface area contributed by atoms with E-state index < -0.39 is 90.5 Å². The summed E-state index contributed by atoms with van der Waals surface area (Å²) < 4.78 is 0. The predicted molar refractivity (Wildman–Crippen MR) is 157 cm³/mol. The average molecular weight is 633 g/mol. The van der Waals surface area contributed by atoms with Crippen molar-refractivity contribution in [3.8, 4) is 0 Å². The molecule has 0 aliphatic heterocycles. The van der Waals surface area contributed by atoms with Gasteiger partial charge in [-0.05, 0) is 24.7 Å². The van der Waals surface area contributed by atoms with Crippen LogP contribution in [0.2, 0.25) is 0 Å². The highest BCUT2D eigenvalue weighted by Crippen LogP contribution is 2.07. The van der Waals surface area contributed by atoms with Gasteiger partial charge in [0.15, 0.2) is 0 Å². The van der Waals surface area contributed by atoms with Crippen LogP contribution < -0.4 is 43.8 Å². The lowest BCUT2D eigenvalue weighted by Crippen LogP contribution is -2.58. The van der Waals surface area contributed by atoms with Crippen molar-refractivity contribution in [1.82, 2.24) is 26.6 Å². The van der Waals surface area contributed by atoms with Crippen LogP contribution in [0.15, 0.2) is 0 Å². The highest BCUT2D eigenvalue weighted by Gasteiger charge is 2.30. The summed E-state index contributed by atoms with van der Waals surface area (Å²) in [6.07, 6.45) is -1.23. The summed E-state index contributed by atoms with van der Waals surface area (Å²) >= 11 is 4.10. The highest BCUT2D eigenvalue weighted by atomic mass is 32.1. The van der Waals surface area contributed by atoms with Crippen LogP contribution in [0.4, 0.5) is 0 Å². The van der Waals surface area contributed by atoms with E-state index in [0.29, 0.717) is 0 Å². The summed E-state index contributed by atoms with van der Waals surface area (Å²) in [5, 5.41) is 20.9. The Morgan fingerprint density at radius 3 is 1.72 bits per heavy atom. The van der Waals surface area contributed by atoms with Crippen LogP contribution in [0.25, 0.3) is 0 Å². The van der Waals surface area contributed by atoms with E-state index in [-0.39, 0.29) is 36.9 Å². The number of amides is 7. The SMILES string of the molecule is CC(C)CC(NC(=O)C(CS)NC(=O)C(N)C(C)C)C(=O)NCC(=O)NC(CCC(N)=O)C(=O)NC(CC(N)=O)C(=O)O. The molecule has 0 aromatic heterocycles. The van der Waals surface area contributed by atoms with Crippen molar-refractivity contribution >= 4 is 59.9 Å². The molecule has 0 rings (SSSR count). The number of primary amides is 2. The summed E-state index contributed by atoms with van der Waals surface area (Å²) in [7, 11) is 0. The number of hydrogen-bond acceptors (Lipinski definition) is 10. The number of thiol groups is 1. The van der Waals surface area contributed by atoms with E-state index in [9.17, 15) is 43.5 Å². The van der Waals surface area contributed by atoms with Crippen molar-refractivity contribution in [1.29, 1.82) is 0 Å². The first-order valence-electron chi connectivity index (χ1n) is 13.5. The number of hydrogen-bond donors (Lipinski definition) is 10. The number of aliphatic carboxylic acids is 1. The van der Waals surface area contributed by atoms with E-state index in [0.717, 1.165) is 0 Å². The first-order valence-corrected chi connectivity index (χ1v) is 14.2. The molecule has 0 heterocycles. The van der Waals surface area contributed by atoms with Gasteiger partial charge in [-0.25, -0.2) is 4.79 Å². The Bertz CT molecular complexity index is 1040. The minimum Gasteiger partial charge on any atom is -0.480 e. The smallest absolute Gasteiger partial charge is 0.326 e. The Kier molecular flexibility index (Phi) is 17.5. The molecule has 0 aliphatic carbocycles. The monoisotopic (exact) mass is 632 g/mol. The Morgan fingerprint density at radius 1 is 0.721 bits per heavy atom. The molecule has 244 valence electrons. The molecule has 0 saturated carbocycles. The summed E-state index contributed by atoms with van der Waals surface area (Å²) in [5.41, 5.74) is 15.9. The normalized spacial score (nSPS) is 14.4. The second kappa shape index (κ2) is 19.3. The molecule has 7 amide bonds. The lowest BCUT2D eigenvalue weighted by atomic mass is 10.0. The molecule has 17 nitrogen and oxygen atoms in total. The van der Waals surface area contributed by atoms with Crippen molar-refractivity contribution in [2.45, 2.75) is 83.6 Å². The maximum Gasteiger partial charge on any atom is 0.326 e. The zero-order valence-electron chi connectivity index (χ0n) is 24.7. The zero-order valence-corrected chi connectivity index (χ0v) is 25.6. The standard InChI is InChI=1S/C25H44N8O9S/c1-11(2)7-14(31-23(39)16(10-43)33-24(40)20(28)12(3)4)21(37)29-9-19(36)30-13(5-6-17(26)34)22(38)32-15(25(41)42)8-18(27)35/h11-16,20,43H,5-10,28H2,1-4H3,(H2,26,34)(H2,27,35)(H,29,37)(H,30,36)(H,31,39)(H,32,38)(H,33,40)(H,41,42). The third kappa shape index (κ3) is 15.8. The molecular weight excluding hydrogens is 588 g/mol. The zero-order chi connectivity index (χ0) is 33.4. The van der Waals surface area contributed by atoms with E-state index in [1.807, 2.05) is 0 Å². The predicted octanol–water partition coefficient (Wildman–Crippen LogP) is -3.77. The topological polar surface area (TPSA) is 295 Å². The van der Waals surface area contributed by atoms with Gasteiger partial charge in [-0.3, -0.25) is 33.6 Å². The largest absolute Gasteiger partial charge is 0.480 e. The number of rotatable bonds is 20. The van der Waals surface area contributed by atoms with Gasteiger partial charge in [0.05, 0.1) is 19.0 Å². The van der Waals surface area contributed by atoms with Gasteiger partial charge in [0.25, 0.3) is 0 Å². The van der Waals surface area contributed by atoms with Crippen molar-refractivity contribution in [3.63, 3.8) is 0 Å². The molecule has 0 spiro atoms. The number of nitrogens with two attached hydrogens (primary N) is 3.